The quantitative estimate of drug-likeness (QED) is 0.178. The van der Waals surface area contributed by atoms with E-state index in [1.807, 2.05) is 10.8 Å². The Balaban J connectivity index is 0. The summed E-state index contributed by atoms with van der Waals surface area (Å²) in [5, 5.41) is 0. The Labute approximate surface area is 105 Å². The van der Waals surface area contributed by atoms with Crippen molar-refractivity contribution in [2.75, 3.05) is 20.0 Å². The van der Waals surface area contributed by atoms with E-state index in [1.165, 1.54) is 32.8 Å². The fraction of sp³-hybridized carbons (Fsp3) is 1.00. The first-order valence-electron chi connectivity index (χ1n) is 4.06. The van der Waals surface area contributed by atoms with Gasteiger partial charge in [-0.25, -0.2) is 9.78 Å². The van der Waals surface area contributed by atoms with Gasteiger partial charge in [-0.1, -0.05) is 35.8 Å². The van der Waals surface area contributed by atoms with Gasteiger partial charge in [-0.15, -0.1) is 0 Å². The van der Waals surface area contributed by atoms with Gasteiger partial charge in [-0.2, -0.15) is 9.35 Å². The third-order valence-electron chi connectivity index (χ3n) is 0.911. The SMILES string of the molecule is CCCCSSS.COOP(O)OOC. The lowest BCUT2D eigenvalue weighted by Gasteiger charge is -2.02. The number of thiol groups is 1. The Morgan fingerprint density at radius 1 is 1.27 bits per heavy atom. The smallest absolute Gasteiger partial charge is 0.325 e. The minimum Gasteiger partial charge on any atom is -0.325 e. The average Bonchev–Trinajstić information content (AvgIpc) is 2.20. The van der Waals surface area contributed by atoms with Gasteiger partial charge in [0.1, 0.15) is 0 Å². The van der Waals surface area contributed by atoms with Crippen molar-refractivity contribution in [3.05, 3.63) is 0 Å². The Bertz CT molecular complexity index is 103. The molecule has 0 aliphatic carbocycles. The van der Waals surface area contributed by atoms with Gasteiger partial charge in [-0.3, -0.25) is 0 Å². The van der Waals surface area contributed by atoms with Crippen molar-refractivity contribution >= 4 is 40.9 Å². The third kappa shape index (κ3) is 21.2. The van der Waals surface area contributed by atoms with Crippen LogP contribution in [0.5, 0.6) is 0 Å². The summed E-state index contributed by atoms with van der Waals surface area (Å²) in [5.74, 6) is 1.24. The molecule has 0 aliphatic rings. The first-order valence-corrected chi connectivity index (χ1v) is 8.56. The fourth-order valence-corrected chi connectivity index (χ4v) is 2.39. The summed E-state index contributed by atoms with van der Waals surface area (Å²) in [7, 11) is 3.85. The Hall–Kier alpha value is 1.28. The Morgan fingerprint density at radius 3 is 2.13 bits per heavy atom. The summed E-state index contributed by atoms with van der Waals surface area (Å²) < 4.78 is 8.11. The zero-order chi connectivity index (χ0) is 11.9. The highest BCUT2D eigenvalue weighted by Gasteiger charge is 2.04. The molecule has 0 saturated carbocycles. The number of hydrogen-bond acceptors (Lipinski definition) is 8. The second-order valence-corrected chi connectivity index (χ2v) is 6.03. The van der Waals surface area contributed by atoms with Crippen molar-refractivity contribution in [3.8, 4) is 0 Å². The zero-order valence-electron chi connectivity index (χ0n) is 8.91. The van der Waals surface area contributed by atoms with E-state index in [0.29, 0.717) is 0 Å². The van der Waals surface area contributed by atoms with Crippen LogP contribution in [-0.4, -0.2) is 24.9 Å². The van der Waals surface area contributed by atoms with Crippen LogP contribution in [0.3, 0.4) is 0 Å². The molecule has 0 atom stereocenters. The van der Waals surface area contributed by atoms with Crippen LogP contribution in [0.2, 0.25) is 0 Å². The first-order chi connectivity index (χ1) is 7.22. The minimum absolute atomic E-state index is 1.24. The summed E-state index contributed by atoms with van der Waals surface area (Å²) in [4.78, 5) is 16.5. The topological polar surface area (TPSA) is 57.2 Å². The highest BCUT2D eigenvalue weighted by molar-refractivity contribution is 9.05. The van der Waals surface area contributed by atoms with Crippen LogP contribution in [0.1, 0.15) is 19.8 Å². The van der Waals surface area contributed by atoms with Crippen LogP contribution in [-0.2, 0) is 19.1 Å². The molecule has 0 radical (unpaired) electrons. The largest absolute Gasteiger partial charge is 0.389 e. The van der Waals surface area contributed by atoms with E-state index in [9.17, 15) is 0 Å². The molecule has 0 aromatic rings. The van der Waals surface area contributed by atoms with Crippen molar-refractivity contribution in [1.82, 2.24) is 0 Å². The van der Waals surface area contributed by atoms with Crippen LogP contribution in [0, 0.1) is 0 Å². The number of rotatable bonds is 8. The average molecular weight is 296 g/mol. The molecule has 0 unspecified atom stereocenters. The molecular formula is C6H17O5PS3. The molecule has 0 heterocycles. The van der Waals surface area contributed by atoms with Gasteiger partial charge in [-0.05, 0) is 16.2 Å². The first kappa shape index (κ1) is 18.6. The zero-order valence-corrected chi connectivity index (χ0v) is 12.3. The number of unbranched alkanes of at least 4 members (excludes halogenated alkanes) is 1. The molecule has 1 N–H and O–H groups in total. The Morgan fingerprint density at radius 2 is 1.80 bits per heavy atom. The molecule has 0 saturated heterocycles. The highest BCUT2D eigenvalue weighted by atomic mass is 33.5. The predicted molar refractivity (Wildman–Crippen MR) is 69.3 cm³/mol. The normalized spacial score (nSPS) is 10.0. The maximum Gasteiger partial charge on any atom is 0.389 e. The summed E-state index contributed by atoms with van der Waals surface area (Å²) in [6.07, 6.45) is 2.61. The van der Waals surface area contributed by atoms with Crippen LogP contribution in [0.25, 0.3) is 0 Å². The van der Waals surface area contributed by atoms with E-state index >= 15 is 0 Å². The van der Waals surface area contributed by atoms with Gasteiger partial charge in [0.2, 0.25) is 0 Å². The van der Waals surface area contributed by atoms with E-state index in [-0.39, 0.29) is 0 Å². The summed E-state index contributed by atoms with van der Waals surface area (Å²) in [6.45, 7) is 2.20. The summed E-state index contributed by atoms with van der Waals surface area (Å²) >= 11 is 3.97. The summed E-state index contributed by atoms with van der Waals surface area (Å²) in [6, 6.07) is 0. The monoisotopic (exact) mass is 296 g/mol. The number of hydrogen-bond donors (Lipinski definition) is 2. The van der Waals surface area contributed by atoms with Gasteiger partial charge in [0.05, 0.1) is 14.2 Å². The standard InChI is InChI=1S/C4H10S3.C2H7O5P/c1-2-3-4-6-7-5;1-4-6-8(3)7-5-2/h5H,2-4H2,1H3;3H,1-2H3. The van der Waals surface area contributed by atoms with E-state index in [1.54, 1.807) is 9.83 Å². The van der Waals surface area contributed by atoms with Gasteiger partial charge in [0, 0.05) is 5.75 Å². The molecule has 0 aromatic carbocycles. The van der Waals surface area contributed by atoms with Crippen molar-refractivity contribution < 1.29 is 24.0 Å². The molecule has 0 fully saturated rings. The predicted octanol–water partition coefficient (Wildman–Crippen LogP) is 3.37. The molecule has 0 amide bonds. The summed E-state index contributed by atoms with van der Waals surface area (Å²) in [5.41, 5.74) is 0. The van der Waals surface area contributed by atoms with Crippen molar-refractivity contribution in [2.45, 2.75) is 19.8 Å². The lowest BCUT2D eigenvalue weighted by molar-refractivity contribution is -0.242. The van der Waals surface area contributed by atoms with Gasteiger partial charge in [0.15, 0.2) is 0 Å². The molecule has 94 valence electrons. The van der Waals surface area contributed by atoms with E-state index in [2.05, 4.69) is 37.7 Å². The van der Waals surface area contributed by atoms with Crippen LogP contribution < -0.4 is 0 Å². The van der Waals surface area contributed by atoms with Gasteiger partial charge >= 0.3 is 8.60 Å². The van der Waals surface area contributed by atoms with Gasteiger partial charge in [0.25, 0.3) is 0 Å². The molecule has 0 rings (SSSR count). The van der Waals surface area contributed by atoms with E-state index in [4.69, 9.17) is 4.89 Å². The maximum atomic E-state index is 8.42. The van der Waals surface area contributed by atoms with Crippen molar-refractivity contribution in [3.63, 3.8) is 0 Å². The van der Waals surface area contributed by atoms with E-state index in [0.717, 1.165) is 0 Å². The second kappa shape index (κ2) is 17.7. The van der Waals surface area contributed by atoms with Crippen LogP contribution in [0.4, 0.5) is 0 Å². The lowest BCUT2D eigenvalue weighted by Crippen LogP contribution is -1.86. The lowest BCUT2D eigenvalue weighted by atomic mass is 10.4. The maximum absolute atomic E-state index is 8.42. The molecule has 0 aromatic heterocycles. The van der Waals surface area contributed by atoms with Crippen molar-refractivity contribution in [2.24, 2.45) is 0 Å². The fourth-order valence-electron chi connectivity index (χ4n) is 0.380. The molecule has 0 aliphatic heterocycles. The second-order valence-electron chi connectivity index (χ2n) is 1.97. The van der Waals surface area contributed by atoms with Gasteiger partial charge < -0.3 is 4.89 Å². The molecule has 0 bridgehead atoms. The third-order valence-corrected chi connectivity index (χ3v) is 3.79. The van der Waals surface area contributed by atoms with E-state index < -0.39 is 8.60 Å². The molecule has 0 spiro atoms. The molecule has 15 heavy (non-hydrogen) atoms. The molecular weight excluding hydrogens is 279 g/mol. The van der Waals surface area contributed by atoms with Crippen molar-refractivity contribution in [1.29, 1.82) is 0 Å². The molecule has 5 nitrogen and oxygen atoms in total. The minimum atomic E-state index is -2.03. The van der Waals surface area contributed by atoms with Crippen LogP contribution in [0.15, 0.2) is 0 Å². The highest BCUT2D eigenvalue weighted by Crippen LogP contribution is 2.31. The van der Waals surface area contributed by atoms with Crippen LogP contribution >= 0.6 is 40.9 Å². The molecule has 9 heteroatoms. The Kier molecular flexibility index (Phi) is 22.0.